The Hall–Kier alpha value is -1.88. The number of allylic oxidation sites excluding steroid dienone is 1. The molecule has 4 nitrogen and oxygen atoms in total. The summed E-state index contributed by atoms with van der Waals surface area (Å²) < 4.78 is 4.87. The molecular weight excluding hydrogens is 444 g/mol. The van der Waals surface area contributed by atoms with Crippen LogP contribution in [0.3, 0.4) is 0 Å². The summed E-state index contributed by atoms with van der Waals surface area (Å²) in [4.78, 5) is 15.8. The Morgan fingerprint density at radius 3 is 2.81 bits per heavy atom. The molecule has 3 rings (SSSR count). The van der Waals surface area contributed by atoms with Crippen molar-refractivity contribution >= 4 is 41.3 Å². The van der Waals surface area contributed by atoms with Crippen LogP contribution >= 0.6 is 35.3 Å². The third-order valence-corrected chi connectivity index (χ3v) is 8.43. The van der Waals surface area contributed by atoms with E-state index in [1.807, 2.05) is 30.0 Å². The van der Waals surface area contributed by atoms with Gasteiger partial charge in [-0.3, -0.25) is 4.79 Å². The molecule has 2 heterocycles. The predicted octanol–water partition coefficient (Wildman–Crippen LogP) is 6.61. The van der Waals surface area contributed by atoms with E-state index < -0.39 is 0 Å². The van der Waals surface area contributed by atoms with Crippen LogP contribution in [-0.2, 0) is 14.3 Å². The fraction of sp³-hybridized carbons (Fsp3) is 0.375. The van der Waals surface area contributed by atoms with Crippen molar-refractivity contribution in [3.8, 4) is 17.2 Å². The molecule has 2 aromatic rings. The topological polar surface area (TPSA) is 63.0 Å². The van der Waals surface area contributed by atoms with Gasteiger partial charge in [0.2, 0.25) is 0 Å². The number of carbonyl (C=O) groups is 1. The van der Waals surface area contributed by atoms with Gasteiger partial charge in [0.05, 0.1) is 22.6 Å². The Labute approximate surface area is 197 Å². The normalized spacial score (nSPS) is 17.5. The average molecular weight is 471 g/mol. The van der Waals surface area contributed by atoms with Gasteiger partial charge >= 0.3 is 5.97 Å². The van der Waals surface area contributed by atoms with Crippen LogP contribution in [0.25, 0.3) is 11.1 Å². The number of ether oxygens (including phenoxy) is 1. The van der Waals surface area contributed by atoms with E-state index in [0.29, 0.717) is 12.2 Å². The molecule has 31 heavy (non-hydrogen) atoms. The maximum atomic E-state index is 10.8. The SMILES string of the molecule is CC(=O)OCCCCSCSc1nc(C2(C)CC=CS2)cc(-c2ccccc2)c1C#N. The Morgan fingerprint density at radius 2 is 2.13 bits per heavy atom. The summed E-state index contributed by atoms with van der Waals surface area (Å²) >= 11 is 5.24. The first-order valence-electron chi connectivity index (χ1n) is 10.2. The van der Waals surface area contributed by atoms with E-state index in [9.17, 15) is 10.1 Å². The molecule has 0 fully saturated rings. The van der Waals surface area contributed by atoms with Crippen LogP contribution in [-0.4, -0.2) is 28.4 Å². The van der Waals surface area contributed by atoms with Gasteiger partial charge in [-0.05, 0) is 49.0 Å². The third kappa shape index (κ3) is 6.55. The highest BCUT2D eigenvalue weighted by Crippen LogP contribution is 2.46. The summed E-state index contributed by atoms with van der Waals surface area (Å²) in [6.07, 6.45) is 4.99. The van der Waals surface area contributed by atoms with Crippen molar-refractivity contribution in [1.29, 1.82) is 5.26 Å². The molecule has 0 amide bonds. The average Bonchev–Trinajstić information content (AvgIpc) is 3.23. The lowest BCUT2D eigenvalue weighted by atomic mass is 9.96. The minimum atomic E-state index is -0.225. The zero-order chi connectivity index (χ0) is 22.1. The lowest BCUT2D eigenvalue weighted by Crippen LogP contribution is -2.16. The molecule has 0 saturated heterocycles. The first kappa shape index (κ1) is 23.8. The molecule has 1 aromatic carbocycles. The zero-order valence-electron chi connectivity index (χ0n) is 17.8. The van der Waals surface area contributed by atoms with E-state index >= 15 is 0 Å². The Balaban J connectivity index is 1.74. The molecule has 0 spiro atoms. The molecule has 1 aliphatic rings. The third-order valence-electron chi connectivity index (χ3n) is 4.92. The Bertz CT molecular complexity index is 963. The fourth-order valence-corrected chi connectivity index (χ4v) is 6.25. The molecule has 1 aliphatic heterocycles. The lowest BCUT2D eigenvalue weighted by molar-refractivity contribution is -0.141. The maximum absolute atomic E-state index is 10.8. The highest BCUT2D eigenvalue weighted by Gasteiger charge is 2.32. The van der Waals surface area contributed by atoms with Crippen LogP contribution in [0.1, 0.15) is 44.4 Å². The van der Waals surface area contributed by atoms with Gasteiger partial charge in [-0.2, -0.15) is 17.0 Å². The number of unbranched alkanes of at least 4 members (excludes halogenated alkanes) is 1. The van der Waals surface area contributed by atoms with Crippen molar-refractivity contribution < 1.29 is 9.53 Å². The molecule has 7 heteroatoms. The first-order valence-corrected chi connectivity index (χ1v) is 13.2. The largest absolute Gasteiger partial charge is 0.466 e. The maximum Gasteiger partial charge on any atom is 0.302 e. The fourth-order valence-electron chi connectivity index (χ4n) is 3.21. The molecule has 1 aromatic heterocycles. The zero-order valence-corrected chi connectivity index (χ0v) is 20.2. The van der Waals surface area contributed by atoms with Gasteiger partial charge in [-0.25, -0.2) is 4.98 Å². The van der Waals surface area contributed by atoms with Crippen molar-refractivity contribution in [3.63, 3.8) is 0 Å². The van der Waals surface area contributed by atoms with Crippen molar-refractivity contribution in [2.24, 2.45) is 0 Å². The van der Waals surface area contributed by atoms with E-state index in [2.05, 4.69) is 42.7 Å². The van der Waals surface area contributed by atoms with Gasteiger partial charge in [-0.1, -0.05) is 48.2 Å². The predicted molar refractivity (Wildman–Crippen MR) is 132 cm³/mol. The smallest absolute Gasteiger partial charge is 0.302 e. The van der Waals surface area contributed by atoms with Crippen LogP contribution in [0.4, 0.5) is 0 Å². The summed E-state index contributed by atoms with van der Waals surface area (Å²) in [5.74, 6) is 0.760. The number of nitriles is 1. The highest BCUT2D eigenvalue weighted by molar-refractivity contribution is 8.16. The lowest BCUT2D eigenvalue weighted by Gasteiger charge is -2.24. The number of aromatic nitrogens is 1. The molecule has 0 N–H and O–H groups in total. The van der Waals surface area contributed by atoms with Gasteiger partial charge in [0, 0.05) is 17.6 Å². The number of nitrogens with zero attached hydrogens (tertiary/aromatic N) is 2. The van der Waals surface area contributed by atoms with Crippen LogP contribution < -0.4 is 0 Å². The van der Waals surface area contributed by atoms with Crippen LogP contribution in [0.15, 0.2) is 52.9 Å². The van der Waals surface area contributed by atoms with E-state index in [4.69, 9.17) is 9.72 Å². The van der Waals surface area contributed by atoms with Gasteiger partial charge in [0.15, 0.2) is 0 Å². The number of hydrogen-bond donors (Lipinski definition) is 0. The number of rotatable bonds is 10. The number of esters is 1. The molecule has 1 unspecified atom stereocenters. The summed E-state index contributed by atoms with van der Waals surface area (Å²) in [6.45, 7) is 4.13. The molecule has 0 aliphatic carbocycles. The van der Waals surface area contributed by atoms with Crippen molar-refractivity contribution in [3.05, 3.63) is 59.1 Å². The second-order valence-corrected chi connectivity index (χ2v) is 11.2. The van der Waals surface area contributed by atoms with E-state index in [1.54, 1.807) is 23.5 Å². The molecule has 162 valence electrons. The van der Waals surface area contributed by atoms with E-state index in [-0.39, 0.29) is 10.7 Å². The van der Waals surface area contributed by atoms with Crippen molar-refractivity contribution in [1.82, 2.24) is 4.98 Å². The second kappa shape index (κ2) is 11.7. The van der Waals surface area contributed by atoms with Crippen LogP contribution in [0.5, 0.6) is 0 Å². The van der Waals surface area contributed by atoms with Gasteiger partial charge < -0.3 is 4.74 Å². The Morgan fingerprint density at radius 1 is 1.32 bits per heavy atom. The number of thioether (sulfide) groups is 3. The molecule has 1 atom stereocenters. The number of hydrogen-bond acceptors (Lipinski definition) is 7. The van der Waals surface area contributed by atoms with E-state index in [0.717, 1.165) is 51.9 Å². The monoisotopic (exact) mass is 470 g/mol. The summed E-state index contributed by atoms with van der Waals surface area (Å²) in [5, 5.41) is 13.7. The number of benzene rings is 1. The first-order chi connectivity index (χ1) is 15.0. The molecule has 0 bridgehead atoms. The van der Waals surface area contributed by atoms with E-state index in [1.165, 1.54) is 6.92 Å². The summed E-state index contributed by atoms with van der Waals surface area (Å²) in [7, 11) is 0. The number of pyridine rings is 1. The summed E-state index contributed by atoms with van der Waals surface area (Å²) in [6, 6.07) is 14.6. The minimum absolute atomic E-state index is 0.101. The quantitative estimate of drug-likeness (QED) is 0.167. The molecular formula is C24H26N2O2S3. The van der Waals surface area contributed by atoms with Crippen molar-refractivity contribution in [2.45, 2.75) is 42.9 Å². The number of carbonyl (C=O) groups excluding carboxylic acids is 1. The Kier molecular flexibility index (Phi) is 8.94. The standard InChI is InChI=1S/C24H26N2O2S3/c1-18(27)28-12-6-7-13-29-17-30-23-21(16-25)20(19-9-4-3-5-10-19)15-22(26-23)24(2)11-8-14-31-24/h3-5,8-10,14-15H,6-7,11-13,17H2,1-2H3. The second-order valence-electron chi connectivity index (χ2n) is 7.36. The minimum Gasteiger partial charge on any atom is -0.466 e. The van der Waals surface area contributed by atoms with Gasteiger partial charge in [-0.15, -0.1) is 11.8 Å². The summed E-state index contributed by atoms with van der Waals surface area (Å²) in [5.41, 5.74) is 3.67. The van der Waals surface area contributed by atoms with Crippen molar-refractivity contribution in [2.75, 3.05) is 17.4 Å². The van der Waals surface area contributed by atoms with Crippen LogP contribution in [0.2, 0.25) is 0 Å². The molecule has 0 radical (unpaired) electrons. The molecule has 0 saturated carbocycles. The van der Waals surface area contributed by atoms with Gasteiger partial charge in [0.25, 0.3) is 0 Å². The highest BCUT2D eigenvalue weighted by atomic mass is 32.2. The van der Waals surface area contributed by atoms with Crippen LogP contribution in [0, 0.1) is 11.3 Å². The van der Waals surface area contributed by atoms with Gasteiger partial charge in [0.1, 0.15) is 11.1 Å².